The number of carbonyl (C=O) groups excluding carboxylic acids is 1. The lowest BCUT2D eigenvalue weighted by Gasteiger charge is -2.48. The molecule has 0 bridgehead atoms. The zero-order valence-corrected chi connectivity index (χ0v) is 18.7. The van der Waals surface area contributed by atoms with Crippen molar-refractivity contribution in [3.05, 3.63) is 70.7 Å². The molecule has 1 aliphatic heterocycles. The van der Waals surface area contributed by atoms with Gasteiger partial charge in [0, 0.05) is 28.8 Å². The van der Waals surface area contributed by atoms with Crippen molar-refractivity contribution in [1.29, 1.82) is 0 Å². The summed E-state index contributed by atoms with van der Waals surface area (Å²) in [4.78, 5) is 12.9. The number of fused-ring (bicyclic) bond motifs is 2. The summed E-state index contributed by atoms with van der Waals surface area (Å²) < 4.78 is 36.5. The van der Waals surface area contributed by atoms with Crippen LogP contribution in [0.4, 0.5) is 8.78 Å². The quantitative estimate of drug-likeness (QED) is 0.441. The van der Waals surface area contributed by atoms with E-state index < -0.39 is 6.61 Å². The molecule has 0 aromatic heterocycles. The number of halogens is 3. The van der Waals surface area contributed by atoms with Crippen LogP contribution in [0.15, 0.2) is 54.6 Å². The van der Waals surface area contributed by atoms with Gasteiger partial charge in [-0.25, -0.2) is 0 Å². The van der Waals surface area contributed by atoms with Crippen LogP contribution in [0, 0.1) is 0 Å². The SMILES string of the molecule is O=C(CCc1ccc(OC(F)F)c2cc(Cl)ccc12)N[C@H]1CC2(CCC2)Oc2ccccc21. The number of rotatable bonds is 6. The molecule has 1 aliphatic carbocycles. The summed E-state index contributed by atoms with van der Waals surface area (Å²) in [5.41, 5.74) is 1.72. The Bertz CT molecular complexity index is 1200. The number of hydrogen-bond donors (Lipinski definition) is 1. The zero-order valence-electron chi connectivity index (χ0n) is 18.0. The molecule has 0 saturated heterocycles. The van der Waals surface area contributed by atoms with Crippen LogP contribution in [-0.2, 0) is 11.2 Å². The van der Waals surface area contributed by atoms with E-state index in [1.165, 1.54) is 6.07 Å². The van der Waals surface area contributed by atoms with Crippen molar-refractivity contribution in [2.45, 2.75) is 56.8 Å². The van der Waals surface area contributed by atoms with Crippen LogP contribution >= 0.6 is 11.6 Å². The average Bonchev–Trinajstić information content (AvgIpc) is 2.77. The fourth-order valence-electron chi connectivity index (χ4n) is 4.91. The minimum absolute atomic E-state index is 0.0544. The number of ether oxygens (including phenoxy) is 2. The van der Waals surface area contributed by atoms with Gasteiger partial charge < -0.3 is 14.8 Å². The molecule has 0 unspecified atom stereocenters. The van der Waals surface area contributed by atoms with Gasteiger partial charge in [-0.15, -0.1) is 0 Å². The Morgan fingerprint density at radius 2 is 1.97 bits per heavy atom. The molecule has 0 radical (unpaired) electrons. The number of alkyl halides is 2. The minimum atomic E-state index is -2.93. The van der Waals surface area contributed by atoms with Crippen LogP contribution in [0.3, 0.4) is 0 Å². The van der Waals surface area contributed by atoms with E-state index in [1.807, 2.05) is 24.3 Å². The number of benzene rings is 3. The maximum atomic E-state index is 12.9. The molecular formula is C26H24ClF2NO3. The molecule has 1 atom stereocenters. The number of amides is 1. The number of carbonyl (C=O) groups is 1. The summed E-state index contributed by atoms with van der Waals surface area (Å²) in [7, 11) is 0. The first-order chi connectivity index (χ1) is 15.9. The molecule has 4 nitrogen and oxygen atoms in total. The monoisotopic (exact) mass is 471 g/mol. The van der Waals surface area contributed by atoms with E-state index in [4.69, 9.17) is 16.3 Å². The molecule has 3 aromatic rings. The average molecular weight is 472 g/mol. The maximum absolute atomic E-state index is 12.9. The molecule has 1 amide bonds. The smallest absolute Gasteiger partial charge is 0.387 e. The van der Waals surface area contributed by atoms with Gasteiger partial charge in [0.05, 0.1) is 6.04 Å². The third-order valence-electron chi connectivity index (χ3n) is 6.66. The van der Waals surface area contributed by atoms with Crippen molar-refractivity contribution in [2.24, 2.45) is 0 Å². The predicted molar refractivity (Wildman–Crippen MR) is 123 cm³/mol. The fraction of sp³-hybridized carbons (Fsp3) is 0.346. The number of para-hydroxylation sites is 1. The van der Waals surface area contributed by atoms with E-state index in [0.29, 0.717) is 16.8 Å². The molecule has 1 fully saturated rings. The lowest BCUT2D eigenvalue weighted by molar-refractivity contribution is -0.123. The summed E-state index contributed by atoms with van der Waals surface area (Å²) in [5.74, 6) is 0.868. The Balaban J connectivity index is 1.32. The molecule has 1 N–H and O–H groups in total. The topological polar surface area (TPSA) is 47.6 Å². The lowest BCUT2D eigenvalue weighted by Crippen LogP contribution is -2.49. The lowest BCUT2D eigenvalue weighted by atomic mass is 9.73. The molecule has 2 aliphatic rings. The second-order valence-corrected chi connectivity index (χ2v) is 9.23. The van der Waals surface area contributed by atoms with Gasteiger partial charge in [0.1, 0.15) is 17.1 Å². The molecule has 1 saturated carbocycles. The third kappa shape index (κ3) is 4.49. The predicted octanol–water partition coefficient (Wildman–Crippen LogP) is 6.59. The van der Waals surface area contributed by atoms with E-state index in [9.17, 15) is 13.6 Å². The van der Waals surface area contributed by atoms with Gasteiger partial charge in [-0.1, -0.05) is 41.9 Å². The van der Waals surface area contributed by atoms with E-state index in [0.717, 1.165) is 47.9 Å². The van der Waals surface area contributed by atoms with Gasteiger partial charge in [-0.05, 0) is 60.9 Å². The summed E-state index contributed by atoms with van der Waals surface area (Å²) >= 11 is 6.08. The Morgan fingerprint density at radius 1 is 1.15 bits per heavy atom. The third-order valence-corrected chi connectivity index (χ3v) is 6.90. The number of aryl methyl sites for hydroxylation is 1. The molecule has 1 spiro atoms. The first-order valence-electron chi connectivity index (χ1n) is 11.2. The normalized spacial score (nSPS) is 18.5. The van der Waals surface area contributed by atoms with Gasteiger partial charge in [0.25, 0.3) is 0 Å². The van der Waals surface area contributed by atoms with E-state index >= 15 is 0 Å². The highest BCUT2D eigenvalue weighted by Gasteiger charge is 2.45. The second-order valence-electron chi connectivity index (χ2n) is 8.79. The Kier molecular flexibility index (Phi) is 5.87. The second kappa shape index (κ2) is 8.82. The molecule has 172 valence electrons. The summed E-state index contributed by atoms with van der Waals surface area (Å²) in [6.45, 7) is -2.93. The summed E-state index contributed by atoms with van der Waals surface area (Å²) in [5, 5.41) is 4.88. The highest BCUT2D eigenvalue weighted by molar-refractivity contribution is 6.31. The van der Waals surface area contributed by atoms with Crippen molar-refractivity contribution in [2.75, 3.05) is 0 Å². The van der Waals surface area contributed by atoms with E-state index in [2.05, 4.69) is 10.1 Å². The Hall–Kier alpha value is -2.86. The highest BCUT2D eigenvalue weighted by atomic mass is 35.5. The zero-order chi connectivity index (χ0) is 23.0. The maximum Gasteiger partial charge on any atom is 0.387 e. The van der Waals surface area contributed by atoms with Gasteiger partial charge in [0.2, 0.25) is 5.91 Å². The Morgan fingerprint density at radius 3 is 2.73 bits per heavy atom. The first kappa shape index (κ1) is 22.0. The van der Waals surface area contributed by atoms with Crippen molar-refractivity contribution < 1.29 is 23.0 Å². The summed E-state index contributed by atoms with van der Waals surface area (Å²) in [6.07, 6.45) is 4.68. The molecule has 3 aromatic carbocycles. The minimum Gasteiger partial charge on any atom is -0.487 e. The van der Waals surface area contributed by atoms with Crippen molar-refractivity contribution >= 4 is 28.3 Å². The van der Waals surface area contributed by atoms with Crippen molar-refractivity contribution in [3.8, 4) is 11.5 Å². The molecule has 7 heteroatoms. The van der Waals surface area contributed by atoms with Crippen LogP contribution in [0.25, 0.3) is 10.8 Å². The van der Waals surface area contributed by atoms with Gasteiger partial charge >= 0.3 is 6.61 Å². The van der Waals surface area contributed by atoms with Gasteiger partial charge in [-0.2, -0.15) is 8.78 Å². The van der Waals surface area contributed by atoms with E-state index in [-0.39, 0.29) is 29.7 Å². The standard InChI is InChI=1S/C26H24ClF2NO3/c27-17-8-9-18-16(6-10-22(20(18)14-17)32-25(28)29)7-11-24(31)30-21-15-26(12-3-13-26)33-23-5-2-1-4-19(21)23/h1-2,4-6,8-10,14,21,25H,3,7,11-13,15H2,(H,30,31)/t21-/m0/s1. The summed E-state index contributed by atoms with van der Waals surface area (Å²) in [6, 6.07) is 16.1. The van der Waals surface area contributed by atoms with Crippen LogP contribution in [0.2, 0.25) is 5.02 Å². The van der Waals surface area contributed by atoms with Crippen molar-refractivity contribution in [1.82, 2.24) is 5.32 Å². The van der Waals surface area contributed by atoms with Gasteiger partial charge in [-0.3, -0.25) is 4.79 Å². The fourth-order valence-corrected chi connectivity index (χ4v) is 5.08. The molecular weight excluding hydrogens is 448 g/mol. The molecule has 5 rings (SSSR count). The van der Waals surface area contributed by atoms with Crippen LogP contribution in [0.1, 0.15) is 49.3 Å². The van der Waals surface area contributed by atoms with Crippen LogP contribution < -0.4 is 14.8 Å². The molecule has 33 heavy (non-hydrogen) atoms. The number of nitrogens with one attached hydrogen (secondary N) is 1. The Labute approximate surface area is 195 Å². The van der Waals surface area contributed by atoms with Crippen LogP contribution in [0.5, 0.6) is 11.5 Å². The van der Waals surface area contributed by atoms with E-state index in [1.54, 1.807) is 24.3 Å². The highest BCUT2D eigenvalue weighted by Crippen LogP contribution is 2.48. The van der Waals surface area contributed by atoms with Crippen molar-refractivity contribution in [3.63, 3.8) is 0 Å². The van der Waals surface area contributed by atoms with Gasteiger partial charge in [0.15, 0.2) is 0 Å². The molecule has 1 heterocycles. The van der Waals surface area contributed by atoms with Crippen LogP contribution in [-0.4, -0.2) is 18.1 Å². The number of hydrogen-bond acceptors (Lipinski definition) is 3. The first-order valence-corrected chi connectivity index (χ1v) is 11.5. The largest absolute Gasteiger partial charge is 0.487 e.